The van der Waals surface area contributed by atoms with E-state index in [4.69, 9.17) is 9.47 Å². The van der Waals surface area contributed by atoms with Crippen molar-refractivity contribution in [1.82, 2.24) is 4.57 Å². The van der Waals surface area contributed by atoms with Crippen molar-refractivity contribution in [3.05, 3.63) is 157 Å². The molecule has 0 unspecified atom stereocenters. The fourth-order valence-electron chi connectivity index (χ4n) is 8.61. The van der Waals surface area contributed by atoms with Crippen LogP contribution in [0.15, 0.2) is 146 Å². The lowest BCUT2D eigenvalue weighted by atomic mass is 9.82. The maximum atomic E-state index is 6.82. The van der Waals surface area contributed by atoms with Gasteiger partial charge in [0, 0.05) is 33.4 Å². The molecule has 8 aromatic rings. The van der Waals surface area contributed by atoms with Gasteiger partial charge < -0.3 is 14.4 Å². The number of hydrogen-bond donors (Lipinski definition) is 0. The van der Waals surface area contributed by atoms with Gasteiger partial charge in [-0.2, -0.15) is 0 Å². The van der Waals surface area contributed by atoms with Crippen LogP contribution in [-0.2, 0) is 5.41 Å². The van der Waals surface area contributed by atoms with Crippen molar-refractivity contribution < 1.29 is 9.47 Å². The summed E-state index contributed by atoms with van der Waals surface area (Å²) < 4.78 is 15.6. The van der Waals surface area contributed by atoms with Crippen molar-refractivity contribution in [3.8, 4) is 50.9 Å². The summed E-state index contributed by atoms with van der Waals surface area (Å²) in [6.45, 7) is 4.69. The number of benzene rings is 7. The number of anilines is 3. The van der Waals surface area contributed by atoms with Crippen molar-refractivity contribution in [2.45, 2.75) is 19.3 Å². The molecule has 0 atom stereocenters. The van der Waals surface area contributed by atoms with E-state index >= 15 is 0 Å². The Morgan fingerprint density at radius 2 is 1.14 bits per heavy atom. The van der Waals surface area contributed by atoms with Crippen LogP contribution in [0.1, 0.15) is 25.0 Å². The number of para-hydroxylation sites is 3. The van der Waals surface area contributed by atoms with Crippen molar-refractivity contribution in [1.29, 1.82) is 0 Å². The molecule has 1 aromatic heterocycles. The maximum Gasteiger partial charge on any atom is 0.155 e. The van der Waals surface area contributed by atoms with E-state index in [1.807, 2.05) is 18.2 Å². The number of aromatic nitrogens is 1. The minimum Gasteiger partial charge on any atom is -0.453 e. The molecule has 49 heavy (non-hydrogen) atoms. The Balaban J connectivity index is 1.26. The van der Waals surface area contributed by atoms with E-state index in [9.17, 15) is 0 Å². The van der Waals surface area contributed by atoms with Gasteiger partial charge in [0.2, 0.25) is 0 Å². The highest BCUT2D eigenvalue weighted by atomic mass is 16.5. The van der Waals surface area contributed by atoms with Crippen molar-refractivity contribution in [2.75, 3.05) is 4.90 Å². The molecule has 11 rings (SSSR count). The summed E-state index contributed by atoms with van der Waals surface area (Å²) in [6.07, 6.45) is 0. The molecule has 2 aliphatic heterocycles. The van der Waals surface area contributed by atoms with E-state index in [1.165, 1.54) is 27.8 Å². The van der Waals surface area contributed by atoms with Crippen LogP contribution < -0.4 is 14.4 Å². The lowest BCUT2D eigenvalue weighted by Gasteiger charge is -2.32. The number of fused-ring (bicyclic) bond motifs is 4. The van der Waals surface area contributed by atoms with Gasteiger partial charge in [-0.3, -0.25) is 4.57 Å². The molecule has 0 radical (unpaired) electrons. The van der Waals surface area contributed by atoms with Gasteiger partial charge in [-0.05, 0) is 58.7 Å². The highest BCUT2D eigenvalue weighted by Crippen LogP contribution is 2.58. The second-order valence-corrected chi connectivity index (χ2v) is 13.7. The van der Waals surface area contributed by atoms with Crippen LogP contribution in [0.5, 0.6) is 23.0 Å². The molecule has 7 aromatic carbocycles. The Morgan fingerprint density at radius 1 is 0.510 bits per heavy atom. The van der Waals surface area contributed by atoms with Crippen LogP contribution in [0.25, 0.3) is 49.7 Å². The quantitative estimate of drug-likeness (QED) is 0.194. The Labute approximate surface area is 284 Å². The van der Waals surface area contributed by atoms with Gasteiger partial charge in [0.15, 0.2) is 23.0 Å². The first-order valence-corrected chi connectivity index (χ1v) is 16.9. The molecule has 0 fully saturated rings. The fraction of sp³-hybridized carbons (Fsp3) is 0.0667. The Bertz CT molecular complexity index is 2700. The smallest absolute Gasteiger partial charge is 0.155 e. The normalized spacial score (nSPS) is 14.0. The van der Waals surface area contributed by atoms with Crippen LogP contribution in [0.2, 0.25) is 0 Å². The monoisotopic (exact) mass is 630 g/mol. The van der Waals surface area contributed by atoms with E-state index in [1.54, 1.807) is 0 Å². The summed E-state index contributed by atoms with van der Waals surface area (Å²) >= 11 is 0. The number of nitrogens with zero attached hydrogens (tertiary/aromatic N) is 2. The van der Waals surface area contributed by atoms with Crippen molar-refractivity contribution in [3.63, 3.8) is 0 Å². The summed E-state index contributed by atoms with van der Waals surface area (Å²) in [5.74, 6) is 3.29. The van der Waals surface area contributed by atoms with Gasteiger partial charge in [0.25, 0.3) is 0 Å². The van der Waals surface area contributed by atoms with Gasteiger partial charge in [-0.1, -0.05) is 117 Å². The van der Waals surface area contributed by atoms with Gasteiger partial charge in [-0.25, -0.2) is 0 Å². The lowest BCUT2D eigenvalue weighted by molar-refractivity contribution is 0.444. The zero-order valence-corrected chi connectivity index (χ0v) is 27.1. The minimum atomic E-state index is -0.133. The van der Waals surface area contributed by atoms with Gasteiger partial charge in [-0.15, -0.1) is 0 Å². The summed E-state index contributed by atoms with van der Waals surface area (Å²) in [5.41, 5.74) is 13.8. The second-order valence-electron chi connectivity index (χ2n) is 13.7. The average molecular weight is 631 g/mol. The molecule has 4 heteroatoms. The number of hydrogen-bond acceptors (Lipinski definition) is 3. The van der Waals surface area contributed by atoms with Crippen molar-refractivity contribution >= 4 is 38.9 Å². The molecule has 3 heterocycles. The standard InChI is InChI=1S/C45H30N2O2/c1-45(2)33-18-8-6-16-31(33)41-34(45)19-11-21-36(41)46(35-20-9-7-15-29(35)27-13-4-3-5-14-27)28-25-32-30-17-10-22-37-42(30)47-43(32)40(26-28)49-39-24-12-23-38(48-37)44(39)47/h3-26H,1-2H3. The Morgan fingerprint density at radius 3 is 2.00 bits per heavy atom. The molecule has 0 spiro atoms. The maximum absolute atomic E-state index is 6.82. The van der Waals surface area contributed by atoms with E-state index < -0.39 is 0 Å². The van der Waals surface area contributed by atoms with Gasteiger partial charge in [0.05, 0.1) is 28.1 Å². The topological polar surface area (TPSA) is 26.6 Å². The van der Waals surface area contributed by atoms with Crippen LogP contribution >= 0.6 is 0 Å². The first kappa shape index (κ1) is 26.8. The average Bonchev–Trinajstić information content (AvgIpc) is 3.60. The first-order valence-electron chi connectivity index (χ1n) is 16.9. The molecule has 4 nitrogen and oxygen atoms in total. The SMILES string of the molecule is CC1(C)c2ccccc2-c2c(N(c3cc4c5c(c3)c3cccc6c3n5-c3c(cccc3O4)O6)c3ccccc3-c3ccccc3)cccc21. The Kier molecular flexibility index (Phi) is 5.15. The predicted octanol–water partition coefficient (Wildman–Crippen LogP) is 12.4. The van der Waals surface area contributed by atoms with E-state index in [-0.39, 0.29) is 5.41 Å². The second kappa shape index (κ2) is 9.42. The van der Waals surface area contributed by atoms with Crippen molar-refractivity contribution in [2.24, 2.45) is 0 Å². The van der Waals surface area contributed by atoms with Crippen LogP contribution in [0, 0.1) is 0 Å². The largest absolute Gasteiger partial charge is 0.453 e. The molecule has 232 valence electrons. The summed E-state index contributed by atoms with van der Waals surface area (Å²) in [6, 6.07) is 52.1. The molecular formula is C45H30N2O2. The van der Waals surface area contributed by atoms with Crippen LogP contribution in [0.4, 0.5) is 17.1 Å². The van der Waals surface area contributed by atoms with Crippen LogP contribution in [0.3, 0.4) is 0 Å². The predicted molar refractivity (Wildman–Crippen MR) is 199 cm³/mol. The van der Waals surface area contributed by atoms with Gasteiger partial charge >= 0.3 is 0 Å². The fourth-order valence-corrected chi connectivity index (χ4v) is 8.61. The molecular weight excluding hydrogens is 601 g/mol. The minimum absolute atomic E-state index is 0.133. The third-order valence-corrected chi connectivity index (χ3v) is 10.7. The summed E-state index contributed by atoms with van der Waals surface area (Å²) in [7, 11) is 0. The third kappa shape index (κ3) is 3.47. The molecule has 0 amide bonds. The van der Waals surface area contributed by atoms with E-state index in [2.05, 4.69) is 151 Å². The number of rotatable bonds is 4. The van der Waals surface area contributed by atoms with Gasteiger partial charge in [0.1, 0.15) is 5.69 Å². The molecule has 1 aliphatic carbocycles. The zero-order valence-electron chi connectivity index (χ0n) is 27.1. The zero-order chi connectivity index (χ0) is 32.4. The Hall–Kier alpha value is -6.26. The number of ether oxygens (including phenoxy) is 2. The molecule has 3 aliphatic rings. The van der Waals surface area contributed by atoms with E-state index in [0.29, 0.717) is 0 Å². The highest BCUT2D eigenvalue weighted by Gasteiger charge is 2.39. The molecule has 0 saturated carbocycles. The first-order chi connectivity index (χ1) is 24.1. The summed E-state index contributed by atoms with van der Waals surface area (Å²) in [5, 5.41) is 2.27. The molecule has 0 saturated heterocycles. The lowest BCUT2D eigenvalue weighted by Crippen LogP contribution is -2.16. The third-order valence-electron chi connectivity index (χ3n) is 10.7. The molecule has 0 bridgehead atoms. The summed E-state index contributed by atoms with van der Waals surface area (Å²) in [4.78, 5) is 2.45. The van der Waals surface area contributed by atoms with Crippen LogP contribution in [-0.4, -0.2) is 4.57 Å². The molecule has 0 N–H and O–H groups in total. The highest BCUT2D eigenvalue weighted by molar-refractivity contribution is 6.16. The van der Waals surface area contributed by atoms with E-state index in [0.717, 1.165) is 73.1 Å².